The van der Waals surface area contributed by atoms with Crippen molar-refractivity contribution in [3.05, 3.63) is 65.5 Å². The zero-order valence-electron chi connectivity index (χ0n) is 15.0. The van der Waals surface area contributed by atoms with Crippen molar-refractivity contribution in [3.63, 3.8) is 0 Å². The lowest BCUT2D eigenvalue weighted by Crippen LogP contribution is -2.24. The number of methoxy groups -OCH3 is 1. The number of hydrogen-bond acceptors (Lipinski definition) is 3. The highest BCUT2D eigenvalue weighted by molar-refractivity contribution is 5.92. The third kappa shape index (κ3) is 5.44. The third-order valence-electron chi connectivity index (χ3n) is 3.66. The second-order valence-corrected chi connectivity index (χ2v) is 5.80. The van der Waals surface area contributed by atoms with Crippen LogP contribution in [0.3, 0.4) is 0 Å². The van der Waals surface area contributed by atoms with Crippen LogP contribution in [0.1, 0.15) is 18.1 Å². The second kappa shape index (κ2) is 8.80. The van der Waals surface area contributed by atoms with Crippen LogP contribution >= 0.6 is 0 Å². The van der Waals surface area contributed by atoms with Crippen LogP contribution < -0.4 is 10.1 Å². The van der Waals surface area contributed by atoms with Gasteiger partial charge in [-0.1, -0.05) is 18.2 Å². The van der Waals surface area contributed by atoms with Gasteiger partial charge in [-0.2, -0.15) is 0 Å². The van der Waals surface area contributed by atoms with E-state index in [9.17, 15) is 14.0 Å². The van der Waals surface area contributed by atoms with E-state index in [1.807, 2.05) is 0 Å². The Morgan fingerprint density at radius 1 is 1.19 bits per heavy atom. The van der Waals surface area contributed by atoms with Crippen LogP contribution in [0, 0.1) is 5.82 Å². The van der Waals surface area contributed by atoms with Gasteiger partial charge >= 0.3 is 0 Å². The van der Waals surface area contributed by atoms with Crippen molar-refractivity contribution in [1.29, 1.82) is 0 Å². The molecule has 2 rings (SSSR count). The molecule has 0 unspecified atom stereocenters. The lowest BCUT2D eigenvalue weighted by Gasteiger charge is -2.15. The highest BCUT2D eigenvalue weighted by Crippen LogP contribution is 2.18. The Kier molecular flexibility index (Phi) is 6.49. The summed E-state index contributed by atoms with van der Waals surface area (Å²) >= 11 is 0. The first kappa shape index (κ1) is 19.2. The molecule has 0 radical (unpaired) electrons. The van der Waals surface area contributed by atoms with E-state index in [2.05, 4.69) is 5.32 Å². The van der Waals surface area contributed by atoms with Crippen LogP contribution in [0.25, 0.3) is 6.08 Å². The first-order chi connectivity index (χ1) is 12.4. The van der Waals surface area contributed by atoms with Crippen LogP contribution in [0.5, 0.6) is 5.75 Å². The van der Waals surface area contributed by atoms with Gasteiger partial charge < -0.3 is 15.0 Å². The molecule has 1 N–H and O–H groups in total. The number of rotatable bonds is 6. The van der Waals surface area contributed by atoms with E-state index in [0.717, 1.165) is 5.56 Å². The molecule has 0 heterocycles. The fraction of sp³-hybridized carbons (Fsp3) is 0.200. The van der Waals surface area contributed by atoms with E-state index >= 15 is 0 Å². The van der Waals surface area contributed by atoms with Crippen molar-refractivity contribution in [2.24, 2.45) is 0 Å². The molecule has 2 aromatic rings. The molecule has 0 aliphatic carbocycles. The topological polar surface area (TPSA) is 58.6 Å². The molecule has 0 spiro atoms. The molecule has 0 atom stereocenters. The van der Waals surface area contributed by atoms with E-state index in [1.165, 1.54) is 37.1 Å². The summed E-state index contributed by atoms with van der Waals surface area (Å²) in [4.78, 5) is 24.7. The van der Waals surface area contributed by atoms with Gasteiger partial charge in [0.1, 0.15) is 0 Å². The number of carbonyl (C=O) groups excluding carboxylic acids is 2. The lowest BCUT2D eigenvalue weighted by atomic mass is 10.1. The van der Waals surface area contributed by atoms with Gasteiger partial charge in [0.15, 0.2) is 11.6 Å². The Hall–Kier alpha value is -3.15. The molecule has 0 bridgehead atoms. The Labute approximate surface area is 152 Å². The number of likely N-dealkylation sites (N-methyl/N-ethyl adjacent to an activating group) is 1. The smallest absolute Gasteiger partial charge is 0.246 e. The highest BCUT2D eigenvalue weighted by atomic mass is 19.1. The summed E-state index contributed by atoms with van der Waals surface area (Å²) in [6.45, 7) is 1.72. The van der Waals surface area contributed by atoms with Gasteiger partial charge in [0.2, 0.25) is 11.8 Å². The summed E-state index contributed by atoms with van der Waals surface area (Å²) in [5, 5.41) is 2.68. The third-order valence-corrected chi connectivity index (χ3v) is 3.66. The predicted molar refractivity (Wildman–Crippen MR) is 99.2 cm³/mol. The van der Waals surface area contributed by atoms with E-state index in [0.29, 0.717) is 11.3 Å². The molecule has 26 heavy (non-hydrogen) atoms. The Bertz CT molecular complexity index is 816. The Morgan fingerprint density at radius 3 is 2.46 bits per heavy atom. The van der Waals surface area contributed by atoms with Gasteiger partial charge in [-0.05, 0) is 41.5 Å². The normalized spacial score (nSPS) is 10.6. The van der Waals surface area contributed by atoms with E-state index in [-0.39, 0.29) is 24.1 Å². The van der Waals surface area contributed by atoms with E-state index < -0.39 is 5.82 Å². The molecular weight excluding hydrogens is 335 g/mol. The Balaban J connectivity index is 1.96. The molecule has 136 valence electrons. The van der Waals surface area contributed by atoms with Crippen LogP contribution in [0.15, 0.2) is 48.5 Å². The second-order valence-electron chi connectivity index (χ2n) is 5.80. The van der Waals surface area contributed by atoms with Gasteiger partial charge in [-0.25, -0.2) is 4.39 Å². The molecule has 0 aromatic heterocycles. The van der Waals surface area contributed by atoms with Crippen molar-refractivity contribution in [2.45, 2.75) is 13.5 Å². The molecule has 0 saturated carbocycles. The number of hydrogen-bond donors (Lipinski definition) is 1. The summed E-state index contributed by atoms with van der Waals surface area (Å²) in [5.41, 5.74) is 2.20. The largest absolute Gasteiger partial charge is 0.494 e. The van der Waals surface area contributed by atoms with Gasteiger partial charge in [0, 0.05) is 32.3 Å². The quantitative estimate of drug-likeness (QED) is 0.807. The number of nitrogens with zero attached hydrogens (tertiary/aromatic N) is 1. The molecule has 0 aliphatic rings. The maximum absolute atomic E-state index is 13.7. The van der Waals surface area contributed by atoms with Crippen LogP contribution in [-0.4, -0.2) is 30.9 Å². The average molecular weight is 356 g/mol. The zero-order chi connectivity index (χ0) is 19.1. The number of halogens is 1. The van der Waals surface area contributed by atoms with Crippen molar-refractivity contribution >= 4 is 23.6 Å². The monoisotopic (exact) mass is 356 g/mol. The number of nitrogens with one attached hydrogen (secondary N) is 1. The molecule has 0 aliphatic heterocycles. The van der Waals surface area contributed by atoms with E-state index in [1.54, 1.807) is 43.5 Å². The van der Waals surface area contributed by atoms with Crippen molar-refractivity contribution < 1.29 is 18.7 Å². The first-order valence-corrected chi connectivity index (χ1v) is 8.02. The van der Waals surface area contributed by atoms with Crippen LogP contribution in [-0.2, 0) is 16.1 Å². The SMILES string of the molecule is COc1ccc(CN(C)C(=O)/C=C/c2ccc(NC(C)=O)cc2)cc1F. The van der Waals surface area contributed by atoms with Gasteiger partial charge in [-0.15, -0.1) is 0 Å². The number of amides is 2. The first-order valence-electron chi connectivity index (χ1n) is 8.02. The standard InChI is InChI=1S/C20H21FN2O3/c1-14(24)22-17-8-4-15(5-9-17)7-11-20(25)23(2)13-16-6-10-19(26-3)18(21)12-16/h4-12H,13H2,1-3H3,(H,22,24)/b11-7+. The highest BCUT2D eigenvalue weighted by Gasteiger charge is 2.09. The average Bonchev–Trinajstić information content (AvgIpc) is 2.60. The molecule has 0 fully saturated rings. The summed E-state index contributed by atoms with van der Waals surface area (Å²) in [7, 11) is 3.05. The van der Waals surface area contributed by atoms with Crippen LogP contribution in [0.2, 0.25) is 0 Å². The number of ether oxygens (including phenoxy) is 1. The lowest BCUT2D eigenvalue weighted by molar-refractivity contribution is -0.125. The number of anilines is 1. The molecular formula is C20H21FN2O3. The molecule has 2 aromatic carbocycles. The van der Waals surface area contributed by atoms with Crippen LogP contribution in [0.4, 0.5) is 10.1 Å². The maximum Gasteiger partial charge on any atom is 0.246 e. The maximum atomic E-state index is 13.7. The number of benzene rings is 2. The summed E-state index contributed by atoms with van der Waals surface area (Å²) in [5.74, 6) is -0.627. The number of carbonyl (C=O) groups is 2. The Morgan fingerprint density at radius 2 is 1.88 bits per heavy atom. The molecule has 5 nitrogen and oxygen atoms in total. The van der Waals surface area contributed by atoms with Crippen molar-refractivity contribution in [2.75, 3.05) is 19.5 Å². The van der Waals surface area contributed by atoms with E-state index in [4.69, 9.17) is 4.74 Å². The van der Waals surface area contributed by atoms with Gasteiger partial charge in [0.05, 0.1) is 7.11 Å². The predicted octanol–water partition coefficient (Wildman–Crippen LogP) is 3.46. The van der Waals surface area contributed by atoms with Crippen molar-refractivity contribution in [1.82, 2.24) is 4.90 Å². The molecule has 2 amide bonds. The fourth-order valence-corrected chi connectivity index (χ4v) is 2.34. The van der Waals surface area contributed by atoms with Crippen molar-refractivity contribution in [3.8, 4) is 5.75 Å². The summed E-state index contributed by atoms with van der Waals surface area (Å²) < 4.78 is 18.6. The minimum Gasteiger partial charge on any atom is -0.494 e. The fourth-order valence-electron chi connectivity index (χ4n) is 2.34. The molecule has 0 saturated heterocycles. The summed E-state index contributed by atoms with van der Waals surface area (Å²) in [6.07, 6.45) is 3.14. The summed E-state index contributed by atoms with van der Waals surface area (Å²) in [6, 6.07) is 11.7. The minimum absolute atomic E-state index is 0.139. The molecule has 6 heteroatoms. The minimum atomic E-state index is -0.458. The van der Waals surface area contributed by atoms with Gasteiger partial charge in [0.25, 0.3) is 0 Å². The zero-order valence-corrected chi connectivity index (χ0v) is 15.0. The van der Waals surface area contributed by atoms with Gasteiger partial charge in [-0.3, -0.25) is 9.59 Å².